The molecule has 1 aromatic heterocycles. The minimum atomic E-state index is -5.19. The maximum atomic E-state index is 14.3. The Morgan fingerprint density at radius 3 is 2.51 bits per heavy atom. The van der Waals surface area contributed by atoms with Crippen molar-refractivity contribution in [2.24, 2.45) is 0 Å². The highest BCUT2D eigenvalue weighted by molar-refractivity contribution is 5.98. The highest BCUT2D eigenvalue weighted by Gasteiger charge is 2.52. The van der Waals surface area contributed by atoms with Crippen LogP contribution < -0.4 is 10.1 Å². The first-order valence-corrected chi connectivity index (χ1v) is 15.4. The Morgan fingerprint density at radius 2 is 1.83 bits per heavy atom. The van der Waals surface area contributed by atoms with Crippen molar-refractivity contribution in [1.29, 1.82) is 0 Å². The van der Waals surface area contributed by atoms with Crippen LogP contribution in [0.5, 0.6) is 5.75 Å². The third-order valence-electron chi connectivity index (χ3n) is 8.66. The van der Waals surface area contributed by atoms with Crippen molar-refractivity contribution in [3.8, 4) is 17.0 Å². The summed E-state index contributed by atoms with van der Waals surface area (Å²) in [5.41, 5.74) is -0.315. The number of rotatable bonds is 11. The molecule has 2 aliphatic rings. The number of amides is 1. The number of alkyl halides is 3. The van der Waals surface area contributed by atoms with Gasteiger partial charge in [0.1, 0.15) is 5.75 Å². The number of nitrogens with one attached hydrogen (secondary N) is 1. The van der Waals surface area contributed by atoms with Crippen molar-refractivity contribution < 1.29 is 46.9 Å². The monoisotopic (exact) mass is 658 g/mol. The molecule has 0 radical (unpaired) electrons. The van der Waals surface area contributed by atoms with E-state index in [1.807, 2.05) is 6.07 Å². The second-order valence-electron chi connectivity index (χ2n) is 11.7. The van der Waals surface area contributed by atoms with Gasteiger partial charge in [-0.15, -0.1) is 0 Å². The number of esters is 1. The Bertz CT molecular complexity index is 1540. The summed E-state index contributed by atoms with van der Waals surface area (Å²) in [6.45, 7) is 1.43. The first kappa shape index (κ1) is 33.9. The molecular weight excluding hydrogens is 621 g/mol. The van der Waals surface area contributed by atoms with Gasteiger partial charge >= 0.3 is 18.1 Å². The van der Waals surface area contributed by atoms with E-state index in [0.717, 1.165) is 0 Å². The summed E-state index contributed by atoms with van der Waals surface area (Å²) in [5, 5.41) is 12.4. The van der Waals surface area contributed by atoms with Gasteiger partial charge in [0.05, 0.1) is 36.8 Å². The van der Waals surface area contributed by atoms with E-state index in [2.05, 4.69) is 10.3 Å². The summed E-state index contributed by atoms with van der Waals surface area (Å²) >= 11 is 0. The number of imidazole rings is 1. The Balaban J connectivity index is 1.44. The molecule has 1 saturated carbocycles. The van der Waals surface area contributed by atoms with Crippen LogP contribution in [0.2, 0.25) is 0 Å². The van der Waals surface area contributed by atoms with E-state index >= 15 is 0 Å². The average molecular weight is 659 g/mol. The number of hydrogen-bond acceptors (Lipinski definition) is 8. The standard InChI is InChI=1S/C33H37F3N4O7/c1-45-20-32(47-31(44)33(34,35)36)15-6-5-9-26(32)40-21-38-27(28(40)22-7-3-2-4-8-22)29(41)39-17-16-37-19-24(39)14-18-46-25-12-10-23(11-13-25)30(42)43/h2-4,7-8,10-13,21,24,26,37H,5-6,9,14-20H2,1H3,(H,42,43)/t24-,26-,32-/m1/s1. The molecule has 252 valence electrons. The minimum Gasteiger partial charge on any atom is -0.494 e. The van der Waals surface area contributed by atoms with Crippen LogP contribution in [0.25, 0.3) is 11.3 Å². The van der Waals surface area contributed by atoms with E-state index in [0.29, 0.717) is 62.3 Å². The topological polar surface area (TPSA) is 132 Å². The van der Waals surface area contributed by atoms with Crippen molar-refractivity contribution in [1.82, 2.24) is 19.8 Å². The molecule has 14 heteroatoms. The van der Waals surface area contributed by atoms with Gasteiger partial charge in [0, 0.05) is 44.8 Å². The Labute approximate surface area is 269 Å². The molecule has 0 unspecified atom stereocenters. The Morgan fingerprint density at radius 1 is 1.09 bits per heavy atom. The molecule has 1 amide bonds. The van der Waals surface area contributed by atoms with Crippen LogP contribution in [-0.2, 0) is 14.3 Å². The van der Waals surface area contributed by atoms with Crippen molar-refractivity contribution in [2.45, 2.75) is 56.0 Å². The molecular formula is C33H37F3N4O7. The molecule has 5 rings (SSSR count). The number of carboxylic acid groups (broad SMARTS) is 1. The van der Waals surface area contributed by atoms with Crippen LogP contribution >= 0.6 is 0 Å². The largest absolute Gasteiger partial charge is 0.494 e. The van der Waals surface area contributed by atoms with Gasteiger partial charge in [-0.05, 0) is 43.5 Å². The number of carbonyl (C=O) groups is 3. The lowest BCUT2D eigenvalue weighted by Gasteiger charge is -2.44. The van der Waals surface area contributed by atoms with Crippen LogP contribution in [0.1, 0.15) is 59.0 Å². The van der Waals surface area contributed by atoms with E-state index in [1.165, 1.54) is 25.6 Å². The third kappa shape index (κ3) is 7.60. The predicted molar refractivity (Wildman–Crippen MR) is 163 cm³/mol. The van der Waals surface area contributed by atoms with Crippen molar-refractivity contribution in [3.05, 3.63) is 72.2 Å². The number of benzene rings is 2. The van der Waals surface area contributed by atoms with Crippen molar-refractivity contribution >= 4 is 17.8 Å². The summed E-state index contributed by atoms with van der Waals surface area (Å²) < 4.78 is 58.5. The van der Waals surface area contributed by atoms with E-state index in [4.69, 9.17) is 19.3 Å². The van der Waals surface area contributed by atoms with Crippen molar-refractivity contribution in [2.75, 3.05) is 40.0 Å². The molecule has 0 bridgehead atoms. The summed E-state index contributed by atoms with van der Waals surface area (Å²) in [6.07, 6.45) is -1.58. The van der Waals surface area contributed by atoms with Gasteiger partial charge < -0.3 is 34.1 Å². The maximum Gasteiger partial charge on any atom is 0.490 e. The molecule has 2 fully saturated rings. The summed E-state index contributed by atoms with van der Waals surface area (Å²) in [5.74, 6) is -3.17. The van der Waals surface area contributed by atoms with E-state index in [9.17, 15) is 27.6 Å². The average Bonchev–Trinajstić information content (AvgIpc) is 3.50. The smallest absolute Gasteiger partial charge is 0.490 e. The predicted octanol–water partition coefficient (Wildman–Crippen LogP) is 4.74. The second kappa shape index (κ2) is 14.6. The lowest BCUT2D eigenvalue weighted by molar-refractivity contribution is -0.226. The number of carbonyl (C=O) groups excluding carboxylic acids is 2. The van der Waals surface area contributed by atoms with Gasteiger partial charge in [-0.1, -0.05) is 36.8 Å². The second-order valence-corrected chi connectivity index (χ2v) is 11.7. The number of carboxylic acids is 1. The fourth-order valence-corrected chi connectivity index (χ4v) is 6.45. The first-order valence-electron chi connectivity index (χ1n) is 15.4. The van der Waals surface area contributed by atoms with Crippen LogP contribution in [-0.4, -0.2) is 95.2 Å². The summed E-state index contributed by atoms with van der Waals surface area (Å²) in [7, 11) is 1.34. The lowest BCUT2D eigenvalue weighted by Crippen LogP contribution is -2.54. The molecule has 1 aliphatic carbocycles. The fraction of sp³-hybridized carbons (Fsp3) is 0.455. The molecule has 2 N–H and O–H groups in total. The van der Waals surface area contributed by atoms with E-state index < -0.39 is 29.8 Å². The van der Waals surface area contributed by atoms with Gasteiger partial charge in [0.15, 0.2) is 11.3 Å². The van der Waals surface area contributed by atoms with Crippen LogP contribution in [0.15, 0.2) is 60.9 Å². The van der Waals surface area contributed by atoms with Crippen LogP contribution in [0.4, 0.5) is 13.2 Å². The maximum absolute atomic E-state index is 14.3. The molecule has 0 spiro atoms. The van der Waals surface area contributed by atoms with Gasteiger partial charge in [0.2, 0.25) is 0 Å². The van der Waals surface area contributed by atoms with E-state index in [-0.39, 0.29) is 42.8 Å². The van der Waals surface area contributed by atoms with Gasteiger partial charge in [0.25, 0.3) is 5.91 Å². The number of aromatic nitrogens is 2. The first-order chi connectivity index (χ1) is 22.5. The quantitative estimate of drug-likeness (QED) is 0.281. The fourth-order valence-electron chi connectivity index (χ4n) is 6.45. The normalized spacial score (nSPS) is 21.7. The number of methoxy groups -OCH3 is 1. The Hall–Kier alpha value is -4.43. The number of ether oxygens (including phenoxy) is 3. The zero-order chi connectivity index (χ0) is 33.6. The molecule has 1 saturated heterocycles. The summed E-state index contributed by atoms with van der Waals surface area (Å²) in [6, 6.07) is 14.0. The minimum absolute atomic E-state index is 0.132. The number of hydrogen-bond donors (Lipinski definition) is 2. The number of nitrogens with zero attached hydrogens (tertiary/aromatic N) is 3. The Kier molecular flexibility index (Phi) is 10.5. The number of aromatic carboxylic acids is 1. The van der Waals surface area contributed by atoms with Gasteiger partial charge in [-0.3, -0.25) is 4.79 Å². The number of piperazine rings is 1. The van der Waals surface area contributed by atoms with Crippen molar-refractivity contribution in [3.63, 3.8) is 0 Å². The summed E-state index contributed by atoms with van der Waals surface area (Å²) in [4.78, 5) is 43.9. The van der Waals surface area contributed by atoms with Crippen LogP contribution in [0.3, 0.4) is 0 Å². The molecule has 3 atom stereocenters. The van der Waals surface area contributed by atoms with Crippen LogP contribution in [0, 0.1) is 0 Å². The van der Waals surface area contributed by atoms with Gasteiger partial charge in [-0.2, -0.15) is 13.2 Å². The van der Waals surface area contributed by atoms with E-state index in [1.54, 1.807) is 45.9 Å². The molecule has 2 heterocycles. The van der Waals surface area contributed by atoms with Gasteiger partial charge in [-0.25, -0.2) is 14.6 Å². The molecule has 47 heavy (non-hydrogen) atoms. The lowest BCUT2D eigenvalue weighted by atomic mass is 9.80. The zero-order valence-corrected chi connectivity index (χ0v) is 25.9. The molecule has 1 aliphatic heterocycles. The highest BCUT2D eigenvalue weighted by Crippen LogP contribution is 2.44. The molecule has 2 aromatic carbocycles. The molecule has 3 aromatic rings. The molecule has 11 nitrogen and oxygen atoms in total. The SMILES string of the molecule is COC[C@]1(OC(=O)C(F)(F)F)CCCC[C@H]1n1cnc(C(=O)N2CCNC[C@H]2CCOc2ccc(C(=O)O)cc2)c1-c1ccccc1. The number of halogens is 3. The zero-order valence-electron chi connectivity index (χ0n) is 25.9. The highest BCUT2D eigenvalue weighted by atomic mass is 19.4. The third-order valence-corrected chi connectivity index (χ3v) is 8.66.